The van der Waals surface area contributed by atoms with E-state index in [4.69, 9.17) is 18.9 Å². The number of nitrogens with one attached hydrogen (secondary N) is 4. The molecule has 2 bridgehead atoms. The summed E-state index contributed by atoms with van der Waals surface area (Å²) in [6.45, 7) is 11.1. The summed E-state index contributed by atoms with van der Waals surface area (Å²) < 4.78 is 22.9. The van der Waals surface area contributed by atoms with Crippen LogP contribution in [-0.2, 0) is 32.1 Å². The lowest BCUT2D eigenvalue weighted by molar-refractivity contribution is -0.134. The summed E-state index contributed by atoms with van der Waals surface area (Å²) in [5, 5.41) is 21.8. The average molecular weight is 740 g/mol. The van der Waals surface area contributed by atoms with Crippen LogP contribution in [0.3, 0.4) is 0 Å². The van der Waals surface area contributed by atoms with Crippen LogP contribution in [0.5, 0.6) is 23.0 Å². The van der Waals surface area contributed by atoms with Crippen molar-refractivity contribution in [2.75, 3.05) is 53.1 Å². The summed E-state index contributed by atoms with van der Waals surface area (Å²) in [5.41, 5.74) is 3.01. The lowest BCUT2D eigenvalue weighted by Crippen LogP contribution is -2.57. The number of fused-ring (bicyclic) bond motifs is 24. The molecular weight excluding hydrogens is 682 g/mol. The van der Waals surface area contributed by atoms with Crippen LogP contribution in [0.15, 0.2) is 30.3 Å². The second-order valence-electron chi connectivity index (χ2n) is 14.2. The Balaban J connectivity index is 1.49. The summed E-state index contributed by atoms with van der Waals surface area (Å²) >= 11 is 0. The molecule has 0 radical (unpaired) electrons. The molecule has 53 heavy (non-hydrogen) atoms. The van der Waals surface area contributed by atoms with Gasteiger partial charge in [0.25, 0.3) is 5.91 Å². The van der Waals surface area contributed by atoms with Crippen molar-refractivity contribution >= 4 is 23.6 Å². The quantitative estimate of drug-likeness (QED) is 0.277. The van der Waals surface area contributed by atoms with Gasteiger partial charge in [0.2, 0.25) is 17.7 Å². The molecule has 4 amide bonds. The van der Waals surface area contributed by atoms with Crippen molar-refractivity contribution in [2.45, 2.75) is 91.0 Å². The highest BCUT2D eigenvalue weighted by Crippen LogP contribution is 2.33. The molecule has 0 spiro atoms. The molecule has 0 fully saturated rings. The minimum atomic E-state index is -1.19. The summed E-state index contributed by atoms with van der Waals surface area (Å²) in [6.07, 6.45) is 1.77. The van der Waals surface area contributed by atoms with Crippen LogP contribution in [0.2, 0.25) is 0 Å². The molecule has 292 valence electrons. The van der Waals surface area contributed by atoms with Crippen molar-refractivity contribution in [1.29, 1.82) is 0 Å². The number of aryl methyl sites for hydroxylation is 2. The van der Waals surface area contributed by atoms with Crippen LogP contribution in [0.4, 0.5) is 0 Å². The highest BCUT2D eigenvalue weighted by atomic mass is 16.6. The largest absolute Gasteiger partial charge is 0.493 e. The first-order valence-corrected chi connectivity index (χ1v) is 18.7. The number of nitrogens with zero attached hydrogens (tertiary/aromatic N) is 1. The Morgan fingerprint density at radius 1 is 0.830 bits per heavy atom. The Kier molecular flexibility index (Phi) is 16.0. The first-order valence-electron chi connectivity index (χ1n) is 18.7. The monoisotopic (exact) mass is 739 g/mol. The van der Waals surface area contributed by atoms with Gasteiger partial charge < -0.3 is 45.3 Å². The van der Waals surface area contributed by atoms with E-state index in [-0.39, 0.29) is 30.8 Å². The van der Waals surface area contributed by atoms with Crippen molar-refractivity contribution in [1.82, 2.24) is 26.2 Å². The number of amides is 4. The van der Waals surface area contributed by atoms with Crippen LogP contribution < -0.4 is 40.2 Å². The predicted molar refractivity (Wildman–Crippen MR) is 199 cm³/mol. The van der Waals surface area contributed by atoms with Crippen LogP contribution in [0.25, 0.3) is 0 Å². The molecule has 0 saturated carbocycles. The third-order valence-electron chi connectivity index (χ3n) is 9.22. The van der Waals surface area contributed by atoms with E-state index in [2.05, 4.69) is 26.2 Å². The van der Waals surface area contributed by atoms with E-state index < -0.39 is 30.0 Å². The fourth-order valence-electron chi connectivity index (χ4n) is 6.29. The zero-order chi connectivity index (χ0) is 38.3. The normalized spacial score (nSPS) is 21.1. The number of carbonyl (C=O) groups is 4. The minimum Gasteiger partial charge on any atom is -0.493 e. The van der Waals surface area contributed by atoms with Crippen molar-refractivity contribution in [3.05, 3.63) is 47.0 Å². The van der Waals surface area contributed by atoms with Gasteiger partial charge in [-0.25, -0.2) is 0 Å². The van der Waals surface area contributed by atoms with Crippen LogP contribution in [0.1, 0.15) is 69.6 Å². The third-order valence-corrected chi connectivity index (χ3v) is 9.22. The Morgan fingerprint density at radius 3 is 2.26 bits per heavy atom. The second-order valence-corrected chi connectivity index (χ2v) is 14.2. The van der Waals surface area contributed by atoms with Gasteiger partial charge in [-0.05, 0) is 99.4 Å². The SMILES string of the molecule is COc1cc2ccc1OCC(=O)NCCCN(Cc1cc3c(cc1C)OCCO3)CCCCNC(=O)[C@H]([C@@H](C)O)NC(=O)[C@@H](CC(C)C)NC(=O)CC2. The number of methoxy groups -OCH3 is 1. The number of carbonyl (C=O) groups excluding carboxylic acids is 4. The van der Waals surface area contributed by atoms with Crippen molar-refractivity contribution < 1.29 is 43.2 Å². The fourth-order valence-corrected chi connectivity index (χ4v) is 6.29. The van der Waals surface area contributed by atoms with Gasteiger partial charge in [-0.15, -0.1) is 0 Å². The van der Waals surface area contributed by atoms with Gasteiger partial charge in [0.15, 0.2) is 29.6 Å². The molecule has 0 saturated heterocycles. The third kappa shape index (κ3) is 13.1. The molecule has 0 unspecified atom stereocenters. The summed E-state index contributed by atoms with van der Waals surface area (Å²) in [5.74, 6) is 0.764. The number of aliphatic hydroxyl groups excluding tert-OH is 1. The summed E-state index contributed by atoms with van der Waals surface area (Å²) in [4.78, 5) is 54.6. The van der Waals surface area contributed by atoms with Gasteiger partial charge in [0, 0.05) is 32.6 Å². The molecule has 2 aromatic carbocycles. The Bertz CT molecular complexity index is 1550. The highest BCUT2D eigenvalue weighted by Gasteiger charge is 2.30. The molecule has 14 nitrogen and oxygen atoms in total. The number of hydrogen-bond acceptors (Lipinski definition) is 10. The van der Waals surface area contributed by atoms with Gasteiger partial charge in [0.05, 0.1) is 13.2 Å². The first kappa shape index (κ1) is 41.2. The standard InChI is InChI=1S/C39H57N5O9/c1-25(2)19-30-38(48)43-37(27(4)45)39(49)41-13-6-7-15-44(23-29-22-34-33(20-26(29)3)51-17-18-52-34)16-8-14-40-36(47)24-53-31-11-9-28(21-32(31)50-5)10-12-35(46)42-30/h9,11,20-22,25,27,30,37,45H,6-8,10,12-19,23-24H2,1-5H3,(H,40,47)(H,41,49)(H,42,46)(H,43,48)/t27-,30-,37+/m1/s1. The molecule has 2 aromatic rings. The molecule has 0 aromatic heterocycles. The van der Waals surface area contributed by atoms with Gasteiger partial charge in [-0.2, -0.15) is 0 Å². The number of benzene rings is 2. The van der Waals surface area contributed by atoms with Crippen molar-refractivity contribution in [3.63, 3.8) is 0 Å². The smallest absolute Gasteiger partial charge is 0.257 e. The van der Waals surface area contributed by atoms with E-state index in [1.165, 1.54) is 14.0 Å². The van der Waals surface area contributed by atoms with Gasteiger partial charge >= 0.3 is 0 Å². The maximum atomic E-state index is 13.4. The predicted octanol–water partition coefficient (Wildman–Crippen LogP) is 2.40. The van der Waals surface area contributed by atoms with E-state index in [1.807, 2.05) is 32.9 Å². The summed E-state index contributed by atoms with van der Waals surface area (Å²) in [7, 11) is 1.51. The molecular formula is C39H57N5O9. The molecule has 5 N–H and O–H groups in total. The van der Waals surface area contributed by atoms with Gasteiger partial charge in [0.1, 0.15) is 25.3 Å². The number of hydrogen-bond donors (Lipinski definition) is 5. The lowest BCUT2D eigenvalue weighted by Gasteiger charge is -2.26. The molecule has 3 atom stereocenters. The van der Waals surface area contributed by atoms with Crippen molar-refractivity contribution in [3.8, 4) is 23.0 Å². The molecule has 5 rings (SSSR count). The minimum absolute atomic E-state index is 0.0715. The Morgan fingerprint density at radius 2 is 1.55 bits per heavy atom. The van der Waals surface area contributed by atoms with Crippen LogP contribution in [-0.4, -0.2) is 105 Å². The topological polar surface area (TPSA) is 177 Å². The number of aliphatic hydroxyl groups is 1. The van der Waals surface area contributed by atoms with Gasteiger partial charge in [-0.1, -0.05) is 19.9 Å². The fraction of sp³-hybridized carbons (Fsp3) is 0.590. The molecule has 3 aliphatic heterocycles. The number of ether oxygens (including phenoxy) is 4. The highest BCUT2D eigenvalue weighted by molar-refractivity contribution is 5.92. The van der Waals surface area contributed by atoms with Crippen LogP contribution >= 0.6 is 0 Å². The van der Waals surface area contributed by atoms with E-state index in [0.29, 0.717) is 76.6 Å². The molecule has 0 aliphatic carbocycles. The molecule has 3 aliphatic rings. The maximum absolute atomic E-state index is 13.4. The second kappa shape index (κ2) is 20.6. The summed E-state index contributed by atoms with van der Waals surface area (Å²) in [6, 6.07) is 7.21. The van der Waals surface area contributed by atoms with E-state index in [9.17, 15) is 24.3 Å². The van der Waals surface area contributed by atoms with Crippen molar-refractivity contribution in [2.24, 2.45) is 5.92 Å². The average Bonchev–Trinajstić information content (AvgIpc) is 3.12. The first-order chi connectivity index (χ1) is 25.4. The molecule has 14 heteroatoms. The Hall–Kier alpha value is -4.56. The lowest BCUT2D eigenvalue weighted by atomic mass is 10.0. The van der Waals surface area contributed by atoms with E-state index in [0.717, 1.165) is 41.2 Å². The van der Waals surface area contributed by atoms with Crippen LogP contribution in [0, 0.1) is 12.8 Å². The van der Waals surface area contributed by atoms with E-state index >= 15 is 0 Å². The Labute approximate surface area is 312 Å². The number of rotatable bonds is 6. The maximum Gasteiger partial charge on any atom is 0.257 e. The van der Waals surface area contributed by atoms with E-state index in [1.54, 1.807) is 18.2 Å². The zero-order valence-corrected chi connectivity index (χ0v) is 31.8. The zero-order valence-electron chi connectivity index (χ0n) is 31.8. The molecule has 3 heterocycles. The van der Waals surface area contributed by atoms with Gasteiger partial charge in [-0.3, -0.25) is 24.1 Å².